The van der Waals surface area contributed by atoms with E-state index in [9.17, 15) is 33.6 Å². The SMILES string of the molecule is CCCCCCCCCCCCCCCCCCCCCCCC(=O)N[C@@H](CO[C@@H]1O[C@H](CO)[C@H](O)[C@H](OS(=O)(=O)O)[C@H]1O)[C@H](O)CCCCCCCCC. The summed E-state index contributed by atoms with van der Waals surface area (Å²) in [6, 6.07) is -0.848. The van der Waals surface area contributed by atoms with Crippen molar-refractivity contribution in [2.45, 2.75) is 249 Å². The fourth-order valence-electron chi connectivity index (χ4n) is 7.40. The molecule has 0 spiro atoms. The number of nitrogens with one attached hydrogen (secondary N) is 1. The molecule has 0 radical (unpaired) electrons. The van der Waals surface area contributed by atoms with Crippen molar-refractivity contribution in [2.24, 2.45) is 0 Å². The number of carbonyl (C=O) groups is 1. The second-order valence-corrected chi connectivity index (χ2v) is 17.0. The molecule has 13 heteroatoms. The first-order chi connectivity index (χ1) is 26.5. The first kappa shape index (κ1) is 52.1. The van der Waals surface area contributed by atoms with Crippen LogP contribution >= 0.6 is 0 Å². The number of amides is 1. The predicted molar refractivity (Wildman–Crippen MR) is 218 cm³/mol. The molecule has 0 aromatic rings. The van der Waals surface area contributed by atoms with Crippen LogP contribution < -0.4 is 5.32 Å². The topological polar surface area (TPSA) is 192 Å². The molecule has 1 heterocycles. The summed E-state index contributed by atoms with van der Waals surface area (Å²) in [6.45, 7) is 3.39. The first-order valence-corrected chi connectivity index (χ1v) is 23.8. The molecule has 0 aromatic carbocycles. The zero-order chi connectivity index (χ0) is 40.6. The van der Waals surface area contributed by atoms with Gasteiger partial charge in [0.2, 0.25) is 5.91 Å². The Morgan fingerprint density at radius 1 is 0.655 bits per heavy atom. The van der Waals surface area contributed by atoms with Crippen LogP contribution in [0.1, 0.15) is 206 Å². The number of aliphatic hydroxyl groups is 4. The molecule has 0 saturated carbocycles. The first-order valence-electron chi connectivity index (χ1n) is 22.4. The minimum absolute atomic E-state index is 0.230. The molecule has 1 saturated heterocycles. The minimum atomic E-state index is -5.07. The largest absolute Gasteiger partial charge is 0.397 e. The van der Waals surface area contributed by atoms with Crippen molar-refractivity contribution >= 4 is 16.3 Å². The van der Waals surface area contributed by atoms with Gasteiger partial charge in [0.25, 0.3) is 0 Å². The summed E-state index contributed by atoms with van der Waals surface area (Å²) in [5, 5.41) is 44.5. The Balaban J connectivity index is 2.35. The van der Waals surface area contributed by atoms with E-state index in [-0.39, 0.29) is 12.5 Å². The van der Waals surface area contributed by atoms with Crippen molar-refractivity contribution in [1.82, 2.24) is 5.32 Å². The number of hydrogen-bond donors (Lipinski definition) is 6. The number of rotatable bonds is 38. The van der Waals surface area contributed by atoms with Crippen LogP contribution in [-0.4, -0.2) is 95.4 Å². The molecule has 1 aliphatic rings. The van der Waals surface area contributed by atoms with Gasteiger partial charge in [-0.3, -0.25) is 9.35 Å². The zero-order valence-electron chi connectivity index (χ0n) is 34.8. The third-order valence-electron chi connectivity index (χ3n) is 10.9. The van der Waals surface area contributed by atoms with E-state index in [0.717, 1.165) is 51.4 Å². The molecular formula is C42H83NO11S. The summed E-state index contributed by atoms with van der Waals surface area (Å²) >= 11 is 0. The number of hydrogen-bond acceptors (Lipinski definition) is 10. The number of aliphatic hydroxyl groups excluding tert-OH is 4. The average molecular weight is 810 g/mol. The Morgan fingerprint density at radius 2 is 1.05 bits per heavy atom. The maximum atomic E-state index is 13.0. The van der Waals surface area contributed by atoms with Crippen LogP contribution in [0.25, 0.3) is 0 Å². The van der Waals surface area contributed by atoms with Crippen LogP contribution in [0, 0.1) is 0 Å². The van der Waals surface area contributed by atoms with Crippen molar-refractivity contribution in [3.63, 3.8) is 0 Å². The smallest absolute Gasteiger partial charge is 0.394 e. The lowest BCUT2D eigenvalue weighted by Crippen LogP contribution is -2.61. The van der Waals surface area contributed by atoms with Gasteiger partial charge in [-0.1, -0.05) is 187 Å². The number of ether oxygens (including phenoxy) is 2. The summed E-state index contributed by atoms with van der Waals surface area (Å²) in [5.41, 5.74) is 0. The lowest BCUT2D eigenvalue weighted by Gasteiger charge is -2.41. The highest BCUT2D eigenvalue weighted by atomic mass is 32.3. The van der Waals surface area contributed by atoms with Crippen molar-refractivity contribution < 1.29 is 51.8 Å². The molecule has 0 unspecified atom stereocenters. The predicted octanol–water partition coefficient (Wildman–Crippen LogP) is 8.22. The normalized spacial score (nSPS) is 21.5. The molecule has 0 aromatic heterocycles. The minimum Gasteiger partial charge on any atom is -0.394 e. The highest BCUT2D eigenvalue weighted by molar-refractivity contribution is 7.80. The highest BCUT2D eigenvalue weighted by Crippen LogP contribution is 2.26. The second-order valence-electron chi connectivity index (χ2n) is 16.0. The maximum Gasteiger partial charge on any atom is 0.397 e. The van der Waals surface area contributed by atoms with E-state index in [4.69, 9.17) is 14.0 Å². The Hall–Kier alpha value is -0.900. The van der Waals surface area contributed by atoms with Gasteiger partial charge in [-0.2, -0.15) is 8.42 Å². The van der Waals surface area contributed by atoms with E-state index in [2.05, 4.69) is 23.3 Å². The molecule has 1 amide bonds. The summed E-state index contributed by atoms with van der Waals surface area (Å²) in [4.78, 5) is 13.0. The van der Waals surface area contributed by atoms with Gasteiger partial charge in [0.05, 0.1) is 25.4 Å². The summed E-state index contributed by atoms with van der Waals surface area (Å²) in [5.74, 6) is -0.230. The van der Waals surface area contributed by atoms with E-state index in [1.807, 2.05) is 0 Å². The Labute approximate surface area is 335 Å². The van der Waals surface area contributed by atoms with E-state index in [1.165, 1.54) is 128 Å². The Kier molecular flexibility index (Phi) is 32.2. The molecule has 1 fully saturated rings. The van der Waals surface area contributed by atoms with E-state index >= 15 is 0 Å². The molecule has 0 bridgehead atoms. The quantitative estimate of drug-likeness (QED) is 0.0260. The molecule has 12 nitrogen and oxygen atoms in total. The molecule has 6 N–H and O–H groups in total. The van der Waals surface area contributed by atoms with Gasteiger partial charge in [-0.05, 0) is 12.8 Å². The van der Waals surface area contributed by atoms with Crippen molar-refractivity contribution in [1.29, 1.82) is 0 Å². The number of unbranched alkanes of at least 4 members (excludes halogenated alkanes) is 26. The van der Waals surface area contributed by atoms with Crippen LogP contribution in [0.4, 0.5) is 0 Å². The molecular weight excluding hydrogens is 727 g/mol. The molecule has 0 aliphatic carbocycles. The van der Waals surface area contributed by atoms with Gasteiger partial charge in [0.1, 0.15) is 24.4 Å². The fourth-order valence-corrected chi connectivity index (χ4v) is 7.91. The van der Waals surface area contributed by atoms with E-state index < -0.39 is 59.9 Å². The average Bonchev–Trinajstić information content (AvgIpc) is 3.15. The number of carbonyl (C=O) groups excluding carboxylic acids is 1. The summed E-state index contributed by atoms with van der Waals surface area (Å²) < 4.78 is 47.4. The van der Waals surface area contributed by atoms with Gasteiger partial charge >= 0.3 is 10.4 Å². The molecule has 1 aliphatic heterocycles. The molecule has 55 heavy (non-hydrogen) atoms. The maximum absolute atomic E-state index is 13.0. The lowest BCUT2D eigenvalue weighted by atomic mass is 9.99. The standard InChI is InChI=1S/C42H83NO11S/c1-3-5-7-9-11-12-13-14-15-16-17-18-19-20-21-22-23-24-26-28-30-32-38(46)43-35(36(45)31-29-27-25-10-8-6-4-2)34-52-42-40(48)41(54-55(49,50)51)39(47)37(33-44)53-42/h35-37,39-42,44-45,47-48H,3-34H2,1-2H3,(H,43,46)(H,49,50,51)/t35-,36+,37+,39-,40+,41-,42+/m0/s1. The molecule has 1 rings (SSSR count). The van der Waals surface area contributed by atoms with Crippen LogP contribution in [0.5, 0.6) is 0 Å². The molecule has 7 atom stereocenters. The van der Waals surface area contributed by atoms with E-state index in [1.54, 1.807) is 0 Å². The lowest BCUT2D eigenvalue weighted by molar-refractivity contribution is -0.298. The summed E-state index contributed by atoms with van der Waals surface area (Å²) in [6.07, 6.45) is 25.7. The summed E-state index contributed by atoms with van der Waals surface area (Å²) in [7, 11) is -5.07. The van der Waals surface area contributed by atoms with Crippen LogP contribution in [-0.2, 0) is 28.9 Å². The third-order valence-corrected chi connectivity index (χ3v) is 11.4. The van der Waals surface area contributed by atoms with Crippen molar-refractivity contribution in [3.05, 3.63) is 0 Å². The monoisotopic (exact) mass is 810 g/mol. The zero-order valence-corrected chi connectivity index (χ0v) is 35.6. The van der Waals surface area contributed by atoms with E-state index in [0.29, 0.717) is 12.8 Å². The van der Waals surface area contributed by atoms with Crippen LogP contribution in [0.2, 0.25) is 0 Å². The van der Waals surface area contributed by atoms with Gasteiger partial charge in [-0.25, -0.2) is 4.18 Å². The second kappa shape index (κ2) is 34.0. The van der Waals surface area contributed by atoms with Crippen molar-refractivity contribution in [2.75, 3.05) is 13.2 Å². The Bertz CT molecular complexity index is 1000. The van der Waals surface area contributed by atoms with Gasteiger partial charge in [0, 0.05) is 6.42 Å². The Morgan fingerprint density at radius 3 is 1.45 bits per heavy atom. The van der Waals surface area contributed by atoms with Gasteiger partial charge in [0.15, 0.2) is 6.29 Å². The van der Waals surface area contributed by atoms with Gasteiger partial charge < -0.3 is 35.2 Å². The fraction of sp³-hybridized carbons (Fsp3) is 0.976. The van der Waals surface area contributed by atoms with Gasteiger partial charge in [-0.15, -0.1) is 0 Å². The van der Waals surface area contributed by atoms with Crippen LogP contribution in [0.3, 0.4) is 0 Å². The highest BCUT2D eigenvalue weighted by Gasteiger charge is 2.48. The third kappa shape index (κ3) is 27.4. The van der Waals surface area contributed by atoms with Crippen molar-refractivity contribution in [3.8, 4) is 0 Å². The van der Waals surface area contributed by atoms with Crippen LogP contribution in [0.15, 0.2) is 0 Å². The molecule has 328 valence electrons.